The van der Waals surface area contributed by atoms with Crippen LogP contribution in [-0.2, 0) is 5.41 Å². The summed E-state index contributed by atoms with van der Waals surface area (Å²) in [6.45, 7) is 8.66. The molecule has 2 atom stereocenters. The zero-order valence-corrected chi connectivity index (χ0v) is 21.0. The maximum absolute atomic E-state index is 10.8. The Balaban J connectivity index is 1.91. The number of benzene rings is 4. The number of phenolic OH excluding ortho intramolecular Hbond substituents is 2. The summed E-state index contributed by atoms with van der Waals surface area (Å²) in [4.78, 5) is 0. The second kappa shape index (κ2) is 8.92. The molecule has 35 heavy (non-hydrogen) atoms. The summed E-state index contributed by atoms with van der Waals surface area (Å²) in [6.07, 6.45) is 1.91. The third kappa shape index (κ3) is 3.46. The number of fused-ring (bicyclic) bond motifs is 3. The Hall–Kier alpha value is -3.52. The normalized spacial score (nSPS) is 15.3. The summed E-state index contributed by atoms with van der Waals surface area (Å²) in [5, 5.41) is 21.6. The maximum Gasteiger partial charge on any atom is 0.119 e. The highest BCUT2D eigenvalue weighted by molar-refractivity contribution is 5.86. The molecule has 2 nitrogen and oxygen atoms in total. The largest absolute Gasteiger partial charge is 0.508 e. The molecule has 0 fully saturated rings. The van der Waals surface area contributed by atoms with Crippen LogP contribution in [0.4, 0.5) is 0 Å². The van der Waals surface area contributed by atoms with E-state index < -0.39 is 5.41 Å². The molecule has 0 saturated heterocycles. The Morgan fingerprint density at radius 1 is 0.600 bits per heavy atom. The highest BCUT2D eigenvalue weighted by Crippen LogP contribution is 2.57. The van der Waals surface area contributed by atoms with Gasteiger partial charge in [0.2, 0.25) is 0 Å². The van der Waals surface area contributed by atoms with E-state index in [1.807, 2.05) is 12.1 Å². The highest BCUT2D eigenvalue weighted by Gasteiger charge is 2.46. The average molecular weight is 463 g/mol. The molecular weight excluding hydrogens is 428 g/mol. The Kier molecular flexibility index (Phi) is 5.92. The molecule has 2 heteroatoms. The molecule has 4 aromatic carbocycles. The molecule has 0 bridgehead atoms. The van der Waals surface area contributed by atoms with E-state index in [4.69, 9.17) is 0 Å². The van der Waals surface area contributed by atoms with Gasteiger partial charge in [0.1, 0.15) is 11.5 Å². The van der Waals surface area contributed by atoms with E-state index in [-0.39, 0.29) is 11.8 Å². The number of aromatic hydroxyl groups is 2. The van der Waals surface area contributed by atoms with Crippen LogP contribution >= 0.6 is 0 Å². The molecule has 178 valence electrons. The summed E-state index contributed by atoms with van der Waals surface area (Å²) in [6, 6.07) is 29.6. The van der Waals surface area contributed by atoms with Gasteiger partial charge in [-0.25, -0.2) is 0 Å². The summed E-state index contributed by atoms with van der Waals surface area (Å²) in [7, 11) is 0. The van der Waals surface area contributed by atoms with Crippen LogP contribution < -0.4 is 0 Å². The minimum absolute atomic E-state index is 0.245. The molecule has 0 aromatic heterocycles. The minimum atomic E-state index is -0.543. The van der Waals surface area contributed by atoms with Gasteiger partial charge in [0.05, 0.1) is 5.41 Å². The first kappa shape index (κ1) is 23.2. The summed E-state index contributed by atoms with van der Waals surface area (Å²) >= 11 is 0. The summed E-state index contributed by atoms with van der Waals surface area (Å²) < 4.78 is 0. The minimum Gasteiger partial charge on any atom is -0.508 e. The van der Waals surface area contributed by atoms with Crippen LogP contribution in [0.2, 0.25) is 0 Å². The SMILES string of the molecule is CCC(C)c1cc(C2(c3ccc(O)c(C(C)CC)c3)c3ccccc3-c3ccccc32)ccc1O. The lowest BCUT2D eigenvalue weighted by Gasteiger charge is -2.35. The van der Waals surface area contributed by atoms with Gasteiger partial charge in [-0.1, -0.05) is 100 Å². The standard InChI is InChI=1S/C33H34O2/c1-5-21(3)27-19-23(15-17-31(27)34)33(24-16-18-32(35)28(20-24)22(4)6-2)29-13-9-7-11-25(29)26-12-8-10-14-30(26)33/h7-22,34-35H,5-6H2,1-4H3. The molecule has 4 aromatic rings. The van der Waals surface area contributed by atoms with Gasteiger partial charge >= 0.3 is 0 Å². The number of hydrogen-bond acceptors (Lipinski definition) is 2. The lowest BCUT2D eigenvalue weighted by atomic mass is 9.66. The van der Waals surface area contributed by atoms with Crippen molar-refractivity contribution in [1.29, 1.82) is 0 Å². The zero-order chi connectivity index (χ0) is 24.7. The second-order valence-corrected chi connectivity index (χ2v) is 10.0. The van der Waals surface area contributed by atoms with Gasteiger partial charge in [0.25, 0.3) is 0 Å². The Morgan fingerprint density at radius 2 is 1.00 bits per heavy atom. The van der Waals surface area contributed by atoms with Gasteiger partial charge in [0, 0.05) is 0 Å². The predicted octanol–water partition coefficient (Wildman–Crippen LogP) is 8.49. The van der Waals surface area contributed by atoms with Crippen molar-refractivity contribution in [2.45, 2.75) is 57.8 Å². The molecule has 0 spiro atoms. The monoisotopic (exact) mass is 462 g/mol. The van der Waals surface area contributed by atoms with E-state index in [1.54, 1.807) is 0 Å². The molecule has 0 aliphatic heterocycles. The average Bonchev–Trinajstić information content (AvgIpc) is 3.20. The van der Waals surface area contributed by atoms with Crippen molar-refractivity contribution in [3.05, 3.63) is 118 Å². The van der Waals surface area contributed by atoms with Crippen LogP contribution in [-0.4, -0.2) is 10.2 Å². The first-order valence-corrected chi connectivity index (χ1v) is 12.8. The maximum atomic E-state index is 10.8. The second-order valence-electron chi connectivity index (χ2n) is 10.0. The van der Waals surface area contributed by atoms with Crippen LogP contribution in [0.15, 0.2) is 84.9 Å². The number of rotatable bonds is 6. The molecule has 1 aliphatic carbocycles. The lowest BCUT2D eigenvalue weighted by Crippen LogP contribution is -2.29. The highest BCUT2D eigenvalue weighted by atomic mass is 16.3. The quantitative estimate of drug-likeness (QED) is 0.266. The first-order valence-electron chi connectivity index (χ1n) is 12.8. The van der Waals surface area contributed by atoms with Crippen molar-refractivity contribution in [1.82, 2.24) is 0 Å². The van der Waals surface area contributed by atoms with Gasteiger partial charge in [-0.2, -0.15) is 0 Å². The molecule has 1 aliphatic rings. The first-order chi connectivity index (χ1) is 16.9. The van der Waals surface area contributed by atoms with E-state index in [0.29, 0.717) is 11.5 Å². The fourth-order valence-electron chi connectivity index (χ4n) is 5.83. The van der Waals surface area contributed by atoms with Gasteiger partial charge in [0.15, 0.2) is 0 Å². The summed E-state index contributed by atoms with van der Waals surface area (Å²) in [5.41, 5.74) is 8.65. The lowest BCUT2D eigenvalue weighted by molar-refractivity contribution is 0.461. The van der Waals surface area contributed by atoms with Crippen molar-refractivity contribution in [2.24, 2.45) is 0 Å². The molecule has 0 amide bonds. The van der Waals surface area contributed by atoms with Crippen molar-refractivity contribution < 1.29 is 10.2 Å². The molecule has 0 heterocycles. The van der Waals surface area contributed by atoms with E-state index in [1.165, 1.54) is 22.3 Å². The van der Waals surface area contributed by atoms with E-state index in [9.17, 15) is 10.2 Å². The zero-order valence-electron chi connectivity index (χ0n) is 21.0. The molecule has 2 N–H and O–H groups in total. The van der Waals surface area contributed by atoms with Crippen molar-refractivity contribution in [3.8, 4) is 22.6 Å². The Labute approximate surface area is 208 Å². The topological polar surface area (TPSA) is 40.5 Å². The number of hydrogen-bond donors (Lipinski definition) is 2. The van der Waals surface area contributed by atoms with Crippen LogP contribution in [0.25, 0.3) is 11.1 Å². The molecular formula is C33H34O2. The predicted molar refractivity (Wildman–Crippen MR) is 144 cm³/mol. The Bertz CT molecular complexity index is 1280. The molecule has 0 radical (unpaired) electrons. The van der Waals surface area contributed by atoms with E-state index >= 15 is 0 Å². The third-order valence-corrected chi connectivity index (χ3v) is 8.16. The van der Waals surface area contributed by atoms with Gasteiger partial charge < -0.3 is 10.2 Å². The third-order valence-electron chi connectivity index (χ3n) is 8.16. The number of phenols is 2. The van der Waals surface area contributed by atoms with E-state index in [0.717, 1.165) is 35.1 Å². The van der Waals surface area contributed by atoms with Crippen molar-refractivity contribution in [3.63, 3.8) is 0 Å². The van der Waals surface area contributed by atoms with Gasteiger partial charge in [-0.05, 0) is 81.3 Å². The van der Waals surface area contributed by atoms with Crippen molar-refractivity contribution in [2.75, 3.05) is 0 Å². The molecule has 2 unspecified atom stereocenters. The summed E-state index contributed by atoms with van der Waals surface area (Å²) in [5.74, 6) is 1.19. The van der Waals surface area contributed by atoms with Crippen LogP contribution in [0, 0.1) is 0 Å². The van der Waals surface area contributed by atoms with Crippen LogP contribution in [0.3, 0.4) is 0 Å². The molecule has 5 rings (SSSR count). The van der Waals surface area contributed by atoms with Gasteiger partial charge in [-0.3, -0.25) is 0 Å². The van der Waals surface area contributed by atoms with Gasteiger partial charge in [-0.15, -0.1) is 0 Å². The van der Waals surface area contributed by atoms with Crippen molar-refractivity contribution >= 4 is 0 Å². The van der Waals surface area contributed by atoms with Crippen LogP contribution in [0.5, 0.6) is 11.5 Å². The Morgan fingerprint density at radius 3 is 1.40 bits per heavy atom. The fraction of sp³-hybridized carbons (Fsp3) is 0.273. The van der Waals surface area contributed by atoms with Crippen LogP contribution in [0.1, 0.15) is 85.8 Å². The van der Waals surface area contributed by atoms with E-state index in [2.05, 4.69) is 100 Å². The fourth-order valence-corrected chi connectivity index (χ4v) is 5.83. The smallest absolute Gasteiger partial charge is 0.119 e. The molecule has 0 saturated carbocycles.